The normalized spacial score (nSPS) is 12.9. The minimum absolute atomic E-state index is 0.328. The Labute approximate surface area is 166 Å². The van der Waals surface area contributed by atoms with Crippen LogP contribution >= 0.6 is 0 Å². The van der Waals surface area contributed by atoms with Gasteiger partial charge in [-0.25, -0.2) is 0 Å². The minimum atomic E-state index is -1.17. The molecule has 0 aromatic carbocycles. The van der Waals surface area contributed by atoms with Crippen LogP contribution in [-0.4, -0.2) is 47.2 Å². The van der Waals surface area contributed by atoms with Crippen LogP contribution in [0.3, 0.4) is 0 Å². The van der Waals surface area contributed by atoms with Gasteiger partial charge in [0.15, 0.2) is 0 Å². The van der Waals surface area contributed by atoms with E-state index >= 15 is 0 Å². The molecule has 0 spiro atoms. The average Bonchev–Trinajstić information content (AvgIpc) is 2.67. The van der Waals surface area contributed by atoms with Crippen LogP contribution in [0.5, 0.6) is 0 Å². The second-order valence-electron chi connectivity index (χ2n) is 7.96. The number of hydrogen-bond donors (Lipinski definition) is 3. The summed E-state index contributed by atoms with van der Waals surface area (Å²) >= 11 is 0. The van der Waals surface area contributed by atoms with E-state index in [1.54, 1.807) is 6.92 Å². The molecule has 0 aromatic heterocycles. The first-order valence-corrected chi connectivity index (χ1v) is 11.1. The lowest BCUT2D eigenvalue weighted by molar-refractivity contribution is -0.163. The van der Waals surface area contributed by atoms with Gasteiger partial charge in [-0.05, 0) is 13.3 Å². The van der Waals surface area contributed by atoms with Crippen LogP contribution in [0, 0.1) is 5.41 Å². The number of hydrogen-bond acceptors (Lipinski definition) is 5. The van der Waals surface area contributed by atoms with Gasteiger partial charge in [-0.15, -0.1) is 0 Å². The molecule has 0 radical (unpaired) electrons. The average molecular weight is 389 g/mol. The zero-order valence-electron chi connectivity index (χ0n) is 17.8. The van der Waals surface area contributed by atoms with E-state index in [4.69, 9.17) is 4.74 Å². The third kappa shape index (κ3) is 12.4. The highest BCUT2D eigenvalue weighted by atomic mass is 16.5. The topological polar surface area (TPSA) is 87.0 Å². The van der Waals surface area contributed by atoms with Gasteiger partial charge in [0, 0.05) is 6.42 Å². The number of ether oxygens (including phenoxy) is 1. The van der Waals surface area contributed by atoms with Crippen LogP contribution in [0.4, 0.5) is 0 Å². The van der Waals surface area contributed by atoms with Crippen molar-refractivity contribution in [2.45, 2.75) is 110 Å². The Hall–Kier alpha value is -0.650. The molecule has 0 saturated heterocycles. The number of carbonyl (C=O) groups is 1. The third-order valence-electron chi connectivity index (χ3n) is 5.60. The Morgan fingerprint density at radius 1 is 0.741 bits per heavy atom. The standard InChI is InChI=1S/C22H44O5/c1-3-4-5-6-7-8-9-10-11-12-13-14-15-16-21(26)27-20(2)22(17-23,18-24)19-25/h20,23-25H,3-19H2,1-2H3. The fourth-order valence-electron chi connectivity index (χ4n) is 3.20. The summed E-state index contributed by atoms with van der Waals surface area (Å²) in [7, 11) is 0. The minimum Gasteiger partial charge on any atom is -0.462 e. The molecule has 162 valence electrons. The molecular formula is C22H44O5. The van der Waals surface area contributed by atoms with Crippen LogP contribution in [0.25, 0.3) is 0 Å². The molecule has 0 aliphatic carbocycles. The largest absolute Gasteiger partial charge is 0.462 e. The fourth-order valence-corrected chi connectivity index (χ4v) is 3.20. The SMILES string of the molecule is CCCCCCCCCCCCCCCC(=O)OC(C)C(CO)(CO)CO. The summed E-state index contributed by atoms with van der Waals surface area (Å²) in [6, 6.07) is 0. The van der Waals surface area contributed by atoms with E-state index in [9.17, 15) is 20.1 Å². The van der Waals surface area contributed by atoms with E-state index in [0.717, 1.165) is 19.3 Å². The van der Waals surface area contributed by atoms with Crippen LogP contribution < -0.4 is 0 Å². The van der Waals surface area contributed by atoms with E-state index in [0.29, 0.717) is 6.42 Å². The maximum atomic E-state index is 11.9. The quantitative estimate of drug-likeness (QED) is 0.226. The summed E-state index contributed by atoms with van der Waals surface area (Å²) in [4.78, 5) is 11.9. The van der Waals surface area contributed by atoms with Crippen molar-refractivity contribution in [1.29, 1.82) is 0 Å². The molecule has 3 N–H and O–H groups in total. The van der Waals surface area contributed by atoms with Crippen LogP contribution in [0.1, 0.15) is 104 Å². The zero-order valence-corrected chi connectivity index (χ0v) is 17.8. The number of esters is 1. The predicted octanol–water partition coefficient (Wildman–Crippen LogP) is 4.36. The molecule has 5 heteroatoms. The smallest absolute Gasteiger partial charge is 0.306 e. The highest BCUT2D eigenvalue weighted by Crippen LogP contribution is 2.23. The van der Waals surface area contributed by atoms with Crippen molar-refractivity contribution < 1.29 is 24.9 Å². The van der Waals surface area contributed by atoms with Crippen LogP contribution in [-0.2, 0) is 9.53 Å². The molecule has 1 unspecified atom stereocenters. The van der Waals surface area contributed by atoms with Crippen molar-refractivity contribution in [3.63, 3.8) is 0 Å². The maximum absolute atomic E-state index is 11.9. The molecule has 0 saturated carbocycles. The molecule has 0 rings (SSSR count). The highest BCUT2D eigenvalue weighted by molar-refractivity contribution is 5.69. The van der Waals surface area contributed by atoms with Gasteiger partial charge < -0.3 is 20.1 Å². The summed E-state index contributed by atoms with van der Waals surface area (Å²) in [5.41, 5.74) is -1.17. The first-order valence-electron chi connectivity index (χ1n) is 11.1. The number of carbonyl (C=O) groups excluding carboxylic acids is 1. The van der Waals surface area contributed by atoms with Gasteiger partial charge in [-0.1, -0.05) is 84.0 Å². The lowest BCUT2D eigenvalue weighted by atomic mass is 9.85. The fraction of sp³-hybridized carbons (Fsp3) is 0.955. The molecule has 27 heavy (non-hydrogen) atoms. The molecule has 0 aliphatic rings. The Kier molecular flexibility index (Phi) is 17.0. The Morgan fingerprint density at radius 2 is 1.11 bits per heavy atom. The van der Waals surface area contributed by atoms with E-state index < -0.39 is 31.3 Å². The highest BCUT2D eigenvalue weighted by Gasteiger charge is 2.37. The Balaban J connectivity index is 3.56. The van der Waals surface area contributed by atoms with Gasteiger partial charge in [-0.3, -0.25) is 4.79 Å². The van der Waals surface area contributed by atoms with Gasteiger partial charge in [0.25, 0.3) is 0 Å². The zero-order chi connectivity index (χ0) is 20.4. The van der Waals surface area contributed by atoms with Crippen LogP contribution in [0.2, 0.25) is 0 Å². The Morgan fingerprint density at radius 3 is 1.48 bits per heavy atom. The summed E-state index contributed by atoms with van der Waals surface area (Å²) < 4.78 is 5.28. The van der Waals surface area contributed by atoms with Gasteiger partial charge in [0.1, 0.15) is 6.10 Å². The van der Waals surface area contributed by atoms with Crippen molar-refractivity contribution >= 4 is 5.97 Å². The number of rotatable bonds is 19. The van der Waals surface area contributed by atoms with Gasteiger partial charge in [0.2, 0.25) is 0 Å². The molecule has 0 aromatic rings. The van der Waals surface area contributed by atoms with Crippen molar-refractivity contribution in [1.82, 2.24) is 0 Å². The summed E-state index contributed by atoms with van der Waals surface area (Å²) in [5.74, 6) is -0.328. The molecule has 0 aliphatic heterocycles. The van der Waals surface area contributed by atoms with Crippen molar-refractivity contribution in [2.24, 2.45) is 5.41 Å². The third-order valence-corrected chi connectivity index (χ3v) is 5.60. The van der Waals surface area contributed by atoms with E-state index in [1.807, 2.05) is 0 Å². The van der Waals surface area contributed by atoms with Gasteiger partial charge in [0.05, 0.1) is 25.2 Å². The first kappa shape index (κ1) is 26.4. The summed E-state index contributed by atoms with van der Waals surface area (Å²) in [6.45, 7) is 2.58. The summed E-state index contributed by atoms with van der Waals surface area (Å²) in [6.07, 6.45) is 16.0. The Bertz CT molecular complexity index is 333. The molecule has 0 bridgehead atoms. The van der Waals surface area contributed by atoms with Crippen molar-refractivity contribution in [3.8, 4) is 0 Å². The first-order chi connectivity index (χ1) is 13.1. The second-order valence-corrected chi connectivity index (χ2v) is 7.96. The van der Waals surface area contributed by atoms with E-state index in [1.165, 1.54) is 64.2 Å². The second kappa shape index (κ2) is 17.4. The molecule has 0 heterocycles. The number of aliphatic hydroxyl groups is 3. The van der Waals surface area contributed by atoms with Crippen molar-refractivity contribution in [3.05, 3.63) is 0 Å². The molecule has 5 nitrogen and oxygen atoms in total. The van der Waals surface area contributed by atoms with Crippen molar-refractivity contribution in [2.75, 3.05) is 19.8 Å². The molecule has 0 fully saturated rings. The lowest BCUT2D eigenvalue weighted by Gasteiger charge is -2.33. The van der Waals surface area contributed by atoms with Gasteiger partial charge in [-0.2, -0.15) is 0 Å². The molecule has 0 amide bonds. The molecular weight excluding hydrogens is 344 g/mol. The van der Waals surface area contributed by atoms with Gasteiger partial charge >= 0.3 is 5.97 Å². The monoisotopic (exact) mass is 388 g/mol. The summed E-state index contributed by atoms with van der Waals surface area (Å²) in [5, 5.41) is 28.0. The number of unbranched alkanes of at least 4 members (excludes halogenated alkanes) is 12. The lowest BCUT2D eigenvalue weighted by Crippen LogP contribution is -2.45. The molecule has 1 atom stereocenters. The number of aliphatic hydroxyl groups excluding tert-OH is 3. The predicted molar refractivity (Wildman–Crippen MR) is 110 cm³/mol. The maximum Gasteiger partial charge on any atom is 0.306 e. The van der Waals surface area contributed by atoms with E-state index in [-0.39, 0.29) is 5.97 Å². The van der Waals surface area contributed by atoms with E-state index in [2.05, 4.69) is 6.92 Å². The van der Waals surface area contributed by atoms with Crippen LogP contribution in [0.15, 0.2) is 0 Å².